The van der Waals surface area contributed by atoms with Crippen LogP contribution in [0.25, 0.3) is 0 Å². The second-order valence-corrected chi connectivity index (χ2v) is 6.91. The molecular weight excluding hydrogens is 334 g/mol. The van der Waals surface area contributed by atoms with Gasteiger partial charge in [-0.2, -0.15) is 0 Å². The van der Waals surface area contributed by atoms with Gasteiger partial charge in [0.25, 0.3) is 0 Å². The van der Waals surface area contributed by atoms with Gasteiger partial charge in [0.05, 0.1) is 5.25 Å². The Balaban J connectivity index is 2.27. The lowest BCUT2D eigenvalue weighted by Crippen LogP contribution is -2.22. The van der Waals surface area contributed by atoms with Crippen molar-refractivity contribution >= 4 is 27.7 Å². The summed E-state index contributed by atoms with van der Waals surface area (Å²) in [7, 11) is 0. The van der Waals surface area contributed by atoms with Gasteiger partial charge in [-0.1, -0.05) is 39.8 Å². The summed E-state index contributed by atoms with van der Waals surface area (Å²) < 4.78 is 1.07. The minimum absolute atomic E-state index is 0.0191. The first kappa shape index (κ1) is 15.5. The monoisotopic (exact) mass is 351 g/mol. The SMILES string of the molecule is Cc1cc(C)nc(SC(c2ccc(Br)cc2)C(C)N)n1. The Kier molecular flexibility index (Phi) is 5.18. The van der Waals surface area contributed by atoms with Gasteiger partial charge in [0.1, 0.15) is 0 Å². The van der Waals surface area contributed by atoms with Gasteiger partial charge in [-0.15, -0.1) is 0 Å². The maximum absolute atomic E-state index is 6.14. The zero-order valence-corrected chi connectivity index (χ0v) is 14.2. The fourth-order valence-corrected chi connectivity index (χ4v) is 3.38. The Morgan fingerprint density at radius 3 is 2.15 bits per heavy atom. The first-order valence-corrected chi connectivity index (χ1v) is 8.13. The topological polar surface area (TPSA) is 51.8 Å². The van der Waals surface area contributed by atoms with Crippen molar-refractivity contribution in [2.75, 3.05) is 0 Å². The summed E-state index contributed by atoms with van der Waals surface area (Å²) in [6.07, 6.45) is 0. The molecule has 5 heteroatoms. The Morgan fingerprint density at radius 2 is 1.65 bits per heavy atom. The van der Waals surface area contributed by atoms with Crippen molar-refractivity contribution in [3.8, 4) is 0 Å². The molecule has 2 N–H and O–H groups in total. The van der Waals surface area contributed by atoms with Crippen molar-refractivity contribution in [1.82, 2.24) is 9.97 Å². The van der Waals surface area contributed by atoms with E-state index in [1.54, 1.807) is 11.8 Å². The van der Waals surface area contributed by atoms with Crippen molar-refractivity contribution in [2.24, 2.45) is 5.73 Å². The van der Waals surface area contributed by atoms with Gasteiger partial charge in [-0.3, -0.25) is 0 Å². The molecule has 0 spiro atoms. The molecule has 1 aromatic heterocycles. The quantitative estimate of drug-likeness (QED) is 0.667. The van der Waals surface area contributed by atoms with E-state index in [4.69, 9.17) is 5.73 Å². The lowest BCUT2D eigenvalue weighted by molar-refractivity contribution is 0.716. The minimum atomic E-state index is 0.0191. The van der Waals surface area contributed by atoms with E-state index in [-0.39, 0.29) is 11.3 Å². The van der Waals surface area contributed by atoms with E-state index in [2.05, 4.69) is 38.0 Å². The standard InChI is InChI=1S/C15H18BrN3S/c1-9-8-10(2)19-15(18-9)20-14(11(3)17)12-4-6-13(16)7-5-12/h4-8,11,14H,17H2,1-3H3. The number of aromatic nitrogens is 2. The molecule has 0 fully saturated rings. The molecule has 0 bridgehead atoms. The molecule has 2 atom stereocenters. The highest BCUT2D eigenvalue weighted by atomic mass is 79.9. The highest BCUT2D eigenvalue weighted by Crippen LogP contribution is 2.36. The van der Waals surface area contributed by atoms with Crippen LogP contribution < -0.4 is 5.73 Å². The summed E-state index contributed by atoms with van der Waals surface area (Å²) in [4.78, 5) is 8.97. The summed E-state index contributed by atoms with van der Waals surface area (Å²) >= 11 is 5.08. The summed E-state index contributed by atoms with van der Waals surface area (Å²) in [5, 5.41) is 0.928. The average molecular weight is 352 g/mol. The molecule has 0 saturated heterocycles. The lowest BCUT2D eigenvalue weighted by Gasteiger charge is -2.20. The van der Waals surface area contributed by atoms with E-state index in [0.717, 1.165) is 21.0 Å². The first-order valence-electron chi connectivity index (χ1n) is 6.45. The number of rotatable bonds is 4. The van der Waals surface area contributed by atoms with Gasteiger partial charge >= 0.3 is 0 Å². The summed E-state index contributed by atoms with van der Waals surface area (Å²) in [6, 6.07) is 10.2. The molecule has 2 rings (SSSR count). The number of benzene rings is 1. The second kappa shape index (κ2) is 6.70. The summed E-state index contributed by atoms with van der Waals surface area (Å²) in [5.74, 6) is 0. The van der Waals surface area contributed by atoms with Gasteiger partial charge in [-0.25, -0.2) is 9.97 Å². The molecule has 3 nitrogen and oxygen atoms in total. The third-order valence-corrected chi connectivity index (χ3v) is 4.75. The highest BCUT2D eigenvalue weighted by molar-refractivity contribution is 9.10. The molecule has 0 aliphatic carbocycles. The number of thioether (sulfide) groups is 1. The van der Waals surface area contributed by atoms with Crippen LogP contribution in [0.15, 0.2) is 40.0 Å². The van der Waals surface area contributed by atoms with Gasteiger partial charge < -0.3 is 5.73 Å². The Hall–Kier alpha value is -0.910. The van der Waals surface area contributed by atoms with E-state index < -0.39 is 0 Å². The molecule has 1 heterocycles. The fourth-order valence-electron chi connectivity index (χ4n) is 1.99. The number of aryl methyl sites for hydroxylation is 2. The van der Waals surface area contributed by atoms with Crippen LogP contribution in [0.3, 0.4) is 0 Å². The molecule has 0 radical (unpaired) electrons. The molecule has 1 aromatic carbocycles. The maximum atomic E-state index is 6.14. The van der Waals surface area contributed by atoms with Gasteiger partial charge in [0.2, 0.25) is 0 Å². The molecule has 20 heavy (non-hydrogen) atoms. The molecule has 106 valence electrons. The van der Waals surface area contributed by atoms with Crippen LogP contribution in [-0.2, 0) is 0 Å². The highest BCUT2D eigenvalue weighted by Gasteiger charge is 2.19. The van der Waals surface area contributed by atoms with E-state index in [0.29, 0.717) is 0 Å². The van der Waals surface area contributed by atoms with Crippen LogP contribution in [0.4, 0.5) is 0 Å². The average Bonchev–Trinajstić information content (AvgIpc) is 2.36. The first-order chi connectivity index (χ1) is 9.45. The second-order valence-electron chi connectivity index (χ2n) is 4.88. The fraction of sp³-hybridized carbons (Fsp3) is 0.333. The smallest absolute Gasteiger partial charge is 0.188 e. The largest absolute Gasteiger partial charge is 0.327 e. The zero-order chi connectivity index (χ0) is 14.7. The predicted molar refractivity (Wildman–Crippen MR) is 87.9 cm³/mol. The molecule has 2 unspecified atom stereocenters. The molecule has 0 saturated carbocycles. The Bertz CT molecular complexity index is 564. The van der Waals surface area contributed by atoms with E-state index >= 15 is 0 Å². The predicted octanol–water partition coefficient (Wildman–Crippen LogP) is 4.04. The lowest BCUT2D eigenvalue weighted by atomic mass is 10.1. The summed E-state index contributed by atoms with van der Waals surface area (Å²) in [6.45, 7) is 5.99. The normalized spacial score (nSPS) is 14.1. The van der Waals surface area contributed by atoms with Gasteiger partial charge in [-0.05, 0) is 44.5 Å². The van der Waals surface area contributed by atoms with Crippen molar-refractivity contribution in [3.05, 3.63) is 51.8 Å². The van der Waals surface area contributed by atoms with Crippen molar-refractivity contribution < 1.29 is 0 Å². The number of nitrogens with two attached hydrogens (primary N) is 1. The molecule has 0 aliphatic rings. The van der Waals surface area contributed by atoms with Gasteiger partial charge in [0, 0.05) is 21.9 Å². The van der Waals surface area contributed by atoms with Crippen LogP contribution in [0.2, 0.25) is 0 Å². The Labute approximate surface area is 132 Å². The molecule has 0 amide bonds. The van der Waals surface area contributed by atoms with Crippen LogP contribution >= 0.6 is 27.7 Å². The maximum Gasteiger partial charge on any atom is 0.188 e. The molecular formula is C15H18BrN3S. The van der Waals surface area contributed by atoms with E-state index in [9.17, 15) is 0 Å². The summed E-state index contributed by atoms with van der Waals surface area (Å²) in [5.41, 5.74) is 9.30. The molecule has 0 aliphatic heterocycles. The minimum Gasteiger partial charge on any atom is -0.327 e. The van der Waals surface area contributed by atoms with Crippen molar-refractivity contribution in [1.29, 1.82) is 0 Å². The number of hydrogen-bond donors (Lipinski definition) is 1. The number of nitrogens with zero attached hydrogens (tertiary/aromatic N) is 2. The van der Waals surface area contributed by atoms with E-state index in [1.165, 1.54) is 5.56 Å². The van der Waals surface area contributed by atoms with Crippen LogP contribution in [0.5, 0.6) is 0 Å². The number of hydrogen-bond acceptors (Lipinski definition) is 4. The van der Waals surface area contributed by atoms with Crippen LogP contribution in [-0.4, -0.2) is 16.0 Å². The van der Waals surface area contributed by atoms with Crippen LogP contribution in [0, 0.1) is 13.8 Å². The zero-order valence-electron chi connectivity index (χ0n) is 11.8. The third kappa shape index (κ3) is 4.04. The van der Waals surface area contributed by atoms with E-state index in [1.807, 2.05) is 39.0 Å². The molecule has 2 aromatic rings. The number of halogens is 1. The van der Waals surface area contributed by atoms with Crippen LogP contribution in [0.1, 0.15) is 29.1 Å². The third-order valence-electron chi connectivity index (χ3n) is 2.87. The van der Waals surface area contributed by atoms with Crippen molar-refractivity contribution in [3.63, 3.8) is 0 Å². The Morgan fingerprint density at radius 1 is 1.10 bits per heavy atom. The van der Waals surface area contributed by atoms with Crippen molar-refractivity contribution in [2.45, 2.75) is 37.2 Å². The van der Waals surface area contributed by atoms with Gasteiger partial charge in [0.15, 0.2) is 5.16 Å².